The van der Waals surface area contributed by atoms with Crippen LogP contribution in [0.4, 0.5) is 34.1 Å². The fourth-order valence-electron chi connectivity index (χ4n) is 3.52. The maximum absolute atomic E-state index is 11.8. The topological polar surface area (TPSA) is 94.9 Å². The van der Waals surface area contributed by atoms with Crippen molar-refractivity contribution >= 4 is 57.4 Å². The highest BCUT2D eigenvalue weighted by Gasteiger charge is 2.08. The van der Waals surface area contributed by atoms with Crippen LogP contribution in [0.1, 0.15) is 27.7 Å². The van der Waals surface area contributed by atoms with Gasteiger partial charge in [0.05, 0.1) is 22.8 Å². The van der Waals surface area contributed by atoms with Crippen molar-refractivity contribution in [1.29, 1.82) is 0 Å². The Balaban J connectivity index is 1.32. The first-order chi connectivity index (χ1) is 18.7. The van der Waals surface area contributed by atoms with Crippen molar-refractivity contribution < 1.29 is 9.59 Å². The van der Waals surface area contributed by atoms with Crippen LogP contribution in [0.15, 0.2) is 107 Å². The molecule has 0 bridgehead atoms. The van der Waals surface area contributed by atoms with Crippen LogP contribution in [0, 0.1) is 11.8 Å². The predicted molar refractivity (Wildman–Crippen MR) is 162 cm³/mol. The molecular formula is C32H33N5O2. The molecule has 4 rings (SSSR count). The van der Waals surface area contributed by atoms with Crippen LogP contribution in [0.5, 0.6) is 0 Å². The van der Waals surface area contributed by atoms with Crippen LogP contribution in [-0.4, -0.2) is 23.2 Å². The Morgan fingerprint density at radius 2 is 0.821 bits per heavy atom. The van der Waals surface area contributed by atoms with Gasteiger partial charge < -0.3 is 16.0 Å². The molecule has 0 saturated carbocycles. The third-order valence-corrected chi connectivity index (χ3v) is 5.86. The highest BCUT2D eigenvalue weighted by Crippen LogP contribution is 2.23. The summed E-state index contributed by atoms with van der Waals surface area (Å²) in [4.78, 5) is 33.0. The van der Waals surface area contributed by atoms with Gasteiger partial charge in [0, 0.05) is 34.6 Å². The lowest BCUT2D eigenvalue weighted by Crippen LogP contribution is -2.17. The summed E-state index contributed by atoms with van der Waals surface area (Å²) in [5.41, 5.74) is 6.71. The van der Waals surface area contributed by atoms with E-state index in [1.54, 1.807) is 0 Å². The summed E-state index contributed by atoms with van der Waals surface area (Å²) in [5, 5.41) is 9.13. The standard InChI is InChI=1S/C32H33N5O2/c1-21(2)31(38)36-29-17-13-27(14-18-29)34-25-9-5-23(6-10-25)33-24-7-11-26(12-8-24)35-28-15-19-30(20-16-28)37-32(39)22(3)4/h5-22,34H,1-4H3,(H,36,38)(H,37,39). The number of amides is 2. The van der Waals surface area contributed by atoms with E-state index in [1.807, 2.05) is 125 Å². The number of nitrogens with zero attached hydrogens (tertiary/aromatic N) is 2. The number of rotatable bonds is 8. The number of benzene rings is 3. The Kier molecular flexibility index (Phi) is 8.84. The number of anilines is 4. The van der Waals surface area contributed by atoms with Crippen LogP contribution < -0.4 is 16.0 Å². The largest absolute Gasteiger partial charge is 0.356 e. The first kappa shape index (κ1) is 27.3. The second kappa shape index (κ2) is 12.6. The van der Waals surface area contributed by atoms with Gasteiger partial charge in [0.25, 0.3) is 0 Å². The van der Waals surface area contributed by atoms with E-state index in [4.69, 9.17) is 4.99 Å². The highest BCUT2D eigenvalue weighted by atomic mass is 16.2. The maximum atomic E-state index is 11.8. The number of carbonyl (C=O) groups is 2. The summed E-state index contributed by atoms with van der Waals surface area (Å²) in [7, 11) is 0. The summed E-state index contributed by atoms with van der Waals surface area (Å²) < 4.78 is 0. The molecule has 0 heterocycles. The SMILES string of the molecule is CC(C)C(=O)Nc1ccc(N=C2C=CC(=Nc3ccc(Nc4ccc(NC(=O)C(C)C)cc4)cc3)C=C2)cc1. The lowest BCUT2D eigenvalue weighted by atomic mass is 10.1. The van der Waals surface area contributed by atoms with Gasteiger partial charge in [0.15, 0.2) is 0 Å². The van der Waals surface area contributed by atoms with Crippen molar-refractivity contribution in [1.82, 2.24) is 0 Å². The number of allylic oxidation sites excluding steroid dienone is 4. The summed E-state index contributed by atoms with van der Waals surface area (Å²) in [6.45, 7) is 7.46. The van der Waals surface area contributed by atoms with Crippen molar-refractivity contribution in [2.75, 3.05) is 16.0 Å². The second-order valence-corrected chi connectivity index (χ2v) is 9.82. The lowest BCUT2D eigenvalue weighted by molar-refractivity contribution is -0.119. The molecule has 1 aliphatic rings. The van der Waals surface area contributed by atoms with Crippen molar-refractivity contribution in [3.8, 4) is 0 Å². The average molecular weight is 520 g/mol. The van der Waals surface area contributed by atoms with E-state index < -0.39 is 0 Å². The molecule has 7 nitrogen and oxygen atoms in total. The molecule has 7 heteroatoms. The summed E-state index contributed by atoms with van der Waals surface area (Å²) in [6.07, 6.45) is 7.72. The van der Waals surface area contributed by atoms with Crippen LogP contribution in [0.25, 0.3) is 0 Å². The Labute approximate surface area is 229 Å². The third-order valence-electron chi connectivity index (χ3n) is 5.86. The van der Waals surface area contributed by atoms with Crippen LogP contribution in [0.3, 0.4) is 0 Å². The van der Waals surface area contributed by atoms with Gasteiger partial charge in [-0.25, -0.2) is 9.98 Å². The molecule has 0 aliphatic heterocycles. The third kappa shape index (κ3) is 8.10. The molecule has 2 amide bonds. The lowest BCUT2D eigenvalue weighted by Gasteiger charge is -2.10. The molecule has 1 aliphatic carbocycles. The normalized spacial score (nSPS) is 12.5. The number of hydrogen-bond donors (Lipinski definition) is 3. The van der Waals surface area contributed by atoms with Crippen molar-refractivity contribution in [2.24, 2.45) is 21.8 Å². The molecule has 3 N–H and O–H groups in total. The maximum Gasteiger partial charge on any atom is 0.226 e. The van der Waals surface area contributed by atoms with Gasteiger partial charge >= 0.3 is 0 Å². The zero-order chi connectivity index (χ0) is 27.8. The molecule has 0 spiro atoms. The summed E-state index contributed by atoms with van der Waals surface area (Å²) in [5.74, 6) is -0.138. The fourth-order valence-corrected chi connectivity index (χ4v) is 3.52. The second-order valence-electron chi connectivity index (χ2n) is 9.82. The average Bonchev–Trinajstić information content (AvgIpc) is 2.93. The quantitative estimate of drug-likeness (QED) is 0.268. The molecular weight excluding hydrogens is 486 g/mol. The van der Waals surface area contributed by atoms with E-state index in [-0.39, 0.29) is 23.7 Å². The van der Waals surface area contributed by atoms with E-state index in [9.17, 15) is 9.59 Å². The fraction of sp³-hybridized carbons (Fsp3) is 0.188. The smallest absolute Gasteiger partial charge is 0.226 e. The Hall–Kier alpha value is -4.78. The van der Waals surface area contributed by atoms with Crippen molar-refractivity contribution in [3.05, 3.63) is 97.1 Å². The van der Waals surface area contributed by atoms with Gasteiger partial charge in [0.2, 0.25) is 11.8 Å². The molecule has 3 aromatic carbocycles. The highest BCUT2D eigenvalue weighted by molar-refractivity contribution is 6.19. The summed E-state index contributed by atoms with van der Waals surface area (Å²) in [6, 6.07) is 22.9. The minimum atomic E-state index is -0.0667. The number of aliphatic imine (C=N–C) groups is 2. The van der Waals surface area contributed by atoms with Gasteiger partial charge in [0.1, 0.15) is 0 Å². The number of carbonyl (C=O) groups excluding carboxylic acids is 2. The van der Waals surface area contributed by atoms with E-state index in [0.717, 1.165) is 45.5 Å². The van der Waals surface area contributed by atoms with E-state index in [1.165, 1.54) is 0 Å². The van der Waals surface area contributed by atoms with Crippen molar-refractivity contribution in [2.45, 2.75) is 27.7 Å². The molecule has 3 aromatic rings. The van der Waals surface area contributed by atoms with Crippen LogP contribution >= 0.6 is 0 Å². The van der Waals surface area contributed by atoms with Crippen molar-refractivity contribution in [3.63, 3.8) is 0 Å². The molecule has 0 radical (unpaired) electrons. The molecule has 0 fully saturated rings. The first-order valence-electron chi connectivity index (χ1n) is 13.0. The van der Waals surface area contributed by atoms with E-state index in [2.05, 4.69) is 20.9 Å². The molecule has 198 valence electrons. The number of nitrogens with one attached hydrogen (secondary N) is 3. The molecule has 0 saturated heterocycles. The molecule has 39 heavy (non-hydrogen) atoms. The minimum absolute atomic E-state index is 0.00120. The van der Waals surface area contributed by atoms with Gasteiger partial charge in [-0.3, -0.25) is 9.59 Å². The predicted octanol–water partition coefficient (Wildman–Crippen LogP) is 7.59. The summed E-state index contributed by atoms with van der Waals surface area (Å²) >= 11 is 0. The van der Waals surface area contributed by atoms with E-state index >= 15 is 0 Å². The molecule has 0 unspecified atom stereocenters. The molecule has 0 aromatic heterocycles. The number of hydrogen-bond acceptors (Lipinski definition) is 5. The van der Waals surface area contributed by atoms with Crippen LogP contribution in [0.2, 0.25) is 0 Å². The Morgan fingerprint density at radius 1 is 0.513 bits per heavy atom. The van der Waals surface area contributed by atoms with Gasteiger partial charge in [-0.1, -0.05) is 27.7 Å². The zero-order valence-electron chi connectivity index (χ0n) is 22.6. The Bertz CT molecular complexity index is 1410. The van der Waals surface area contributed by atoms with Gasteiger partial charge in [-0.2, -0.15) is 0 Å². The van der Waals surface area contributed by atoms with Gasteiger partial charge in [-0.05, 0) is 97.1 Å². The Morgan fingerprint density at radius 3 is 1.18 bits per heavy atom. The van der Waals surface area contributed by atoms with E-state index in [0.29, 0.717) is 0 Å². The molecule has 0 atom stereocenters. The first-order valence-corrected chi connectivity index (χ1v) is 13.0. The minimum Gasteiger partial charge on any atom is -0.356 e. The van der Waals surface area contributed by atoms with Crippen LogP contribution in [-0.2, 0) is 9.59 Å². The monoisotopic (exact) mass is 519 g/mol. The van der Waals surface area contributed by atoms with Gasteiger partial charge in [-0.15, -0.1) is 0 Å². The zero-order valence-corrected chi connectivity index (χ0v) is 22.6.